The Labute approximate surface area is 557 Å². The highest BCUT2D eigenvalue weighted by Crippen LogP contribution is 2.25. The number of nitrogens with one attached hydrogen (secondary N) is 11. The van der Waals surface area contributed by atoms with Gasteiger partial charge in [-0.3, -0.25) is 52.7 Å². The highest BCUT2D eigenvalue weighted by molar-refractivity contribution is 8.76. The van der Waals surface area contributed by atoms with Crippen molar-refractivity contribution in [1.82, 2.24) is 68.0 Å². The predicted molar refractivity (Wildman–Crippen MR) is 352 cm³/mol. The summed E-state index contributed by atoms with van der Waals surface area (Å²) in [5, 5.41) is 57.0. The van der Waals surface area contributed by atoms with Crippen LogP contribution in [0.15, 0.2) is 97.5 Å². The van der Waals surface area contributed by atoms with Crippen molar-refractivity contribution < 1.29 is 72.9 Å². The van der Waals surface area contributed by atoms with E-state index < -0.39 is 156 Å². The number of carboxylic acids is 1. The maximum Gasteiger partial charge on any atom is 0.327 e. The molecule has 11 amide bonds. The van der Waals surface area contributed by atoms with E-state index in [-0.39, 0.29) is 68.2 Å². The summed E-state index contributed by atoms with van der Waals surface area (Å²) < 4.78 is 0. The number of aromatic hydroxyl groups is 1. The lowest BCUT2D eigenvalue weighted by Gasteiger charge is -2.32. The zero-order valence-corrected chi connectivity index (χ0v) is 55.1. The number of hydrogen-bond donors (Lipinski definition) is 15. The number of aromatic nitrogens is 2. The van der Waals surface area contributed by atoms with Crippen molar-refractivity contribution in [2.75, 3.05) is 31.1 Å². The first-order valence-corrected chi connectivity index (χ1v) is 33.8. The van der Waals surface area contributed by atoms with Gasteiger partial charge >= 0.3 is 5.97 Å². The molecule has 0 aliphatic carbocycles. The molecule has 4 aromatic rings. The van der Waals surface area contributed by atoms with E-state index in [1.807, 2.05) is 0 Å². The number of aromatic amines is 1. The van der Waals surface area contributed by atoms with E-state index >= 15 is 0 Å². The van der Waals surface area contributed by atoms with Gasteiger partial charge in [-0.05, 0) is 73.3 Å². The number of likely N-dealkylation sites (tertiary alicyclic amines) is 1. The van der Waals surface area contributed by atoms with Gasteiger partial charge < -0.3 is 84.1 Å². The van der Waals surface area contributed by atoms with Crippen molar-refractivity contribution in [3.63, 3.8) is 0 Å². The van der Waals surface area contributed by atoms with Crippen LogP contribution in [0.4, 0.5) is 0 Å². The van der Waals surface area contributed by atoms with Gasteiger partial charge in [0, 0.05) is 49.2 Å². The maximum atomic E-state index is 14.8. The molecule has 2 aliphatic rings. The molecule has 0 saturated carbocycles. The second-order valence-electron chi connectivity index (χ2n) is 23.9. The molecule has 95 heavy (non-hydrogen) atoms. The SMILES string of the molecule is CC[C@H](C)[C@H](NC(=O)[C@@H](NC(=O)[C@@H](N)Cc1ccccc1)[C@H](C)O)C(=O)N[C@@H](Cc1ccc(O)cc1)C(=O)N1CCC[C@H]1C(=O)NCC(=O)N[C@H]1CSSC[C@@H](C(=O)O)NC(=O)[C@H](Cc2ccccc2)NC(=O)[C@H](CC(C)C)NC(=O)CNC(=O)[C@H](Cc2cnc[nH]2)NC1=O. The number of phenols is 1. The summed E-state index contributed by atoms with van der Waals surface area (Å²) in [6.45, 7) is 6.94. The van der Waals surface area contributed by atoms with Crippen LogP contribution in [0.5, 0.6) is 5.75 Å². The number of aliphatic hydroxyl groups excluding tert-OH is 1. The van der Waals surface area contributed by atoms with E-state index in [0.717, 1.165) is 27.2 Å². The van der Waals surface area contributed by atoms with Crippen molar-refractivity contribution in [3.05, 3.63) is 120 Å². The first-order valence-electron chi connectivity index (χ1n) is 31.3. The average molecular weight is 1360 g/mol. The smallest absolute Gasteiger partial charge is 0.327 e. The Bertz CT molecular complexity index is 3280. The number of rotatable bonds is 25. The number of H-pyrrole nitrogens is 1. The van der Waals surface area contributed by atoms with Gasteiger partial charge in [-0.25, -0.2) is 9.78 Å². The van der Waals surface area contributed by atoms with E-state index in [2.05, 4.69) is 63.1 Å². The van der Waals surface area contributed by atoms with Gasteiger partial charge in [0.25, 0.3) is 0 Å². The average Bonchev–Trinajstić information content (AvgIpc) is 1.80. The Balaban J connectivity index is 1.18. The number of amides is 11. The number of imidazole rings is 1. The number of benzene rings is 3. The number of aliphatic carboxylic acids is 1. The number of phenolic OH excluding ortho intramolecular Hbond substituents is 1. The summed E-state index contributed by atoms with van der Waals surface area (Å²) in [6.07, 6.45) is 1.88. The van der Waals surface area contributed by atoms with Crippen molar-refractivity contribution >= 4 is 92.5 Å². The number of carbonyl (C=O) groups excluding carboxylic acids is 11. The number of carboxylic acid groups (broad SMARTS) is 1. The molecule has 1 aromatic heterocycles. The maximum absolute atomic E-state index is 14.8. The molecule has 2 aliphatic heterocycles. The molecule has 2 fully saturated rings. The van der Waals surface area contributed by atoms with Gasteiger partial charge in [0.1, 0.15) is 60.1 Å². The number of nitrogens with two attached hydrogens (primary N) is 1. The van der Waals surface area contributed by atoms with Crippen LogP contribution in [0.2, 0.25) is 0 Å². The Morgan fingerprint density at radius 3 is 1.95 bits per heavy atom. The van der Waals surface area contributed by atoms with Gasteiger partial charge in [0.15, 0.2) is 0 Å². The van der Waals surface area contributed by atoms with Crippen molar-refractivity contribution in [1.29, 1.82) is 0 Å². The molecule has 29 nitrogen and oxygen atoms in total. The van der Waals surface area contributed by atoms with Crippen molar-refractivity contribution in [2.24, 2.45) is 17.6 Å². The third kappa shape index (κ3) is 23.7. The van der Waals surface area contributed by atoms with Gasteiger partial charge in [-0.2, -0.15) is 0 Å². The van der Waals surface area contributed by atoms with Crippen LogP contribution < -0.4 is 58.9 Å². The van der Waals surface area contributed by atoms with Crippen LogP contribution in [0, 0.1) is 11.8 Å². The summed E-state index contributed by atoms with van der Waals surface area (Å²) in [5.74, 6) is -11.9. The zero-order chi connectivity index (χ0) is 69.3. The number of hydrogen-bond acceptors (Lipinski definition) is 18. The van der Waals surface area contributed by atoms with E-state index in [9.17, 15) is 72.9 Å². The van der Waals surface area contributed by atoms with Gasteiger partial charge in [0.05, 0.1) is 31.6 Å². The van der Waals surface area contributed by atoms with E-state index in [4.69, 9.17) is 5.73 Å². The lowest BCUT2D eigenvalue weighted by Crippen LogP contribution is -2.62. The molecular formula is C64H86N14O15S2. The number of aliphatic hydroxyl groups is 1. The fourth-order valence-electron chi connectivity index (χ4n) is 10.5. The Morgan fingerprint density at radius 2 is 1.32 bits per heavy atom. The van der Waals surface area contributed by atoms with Gasteiger partial charge in [-0.1, -0.05) is 128 Å². The molecule has 3 heterocycles. The van der Waals surface area contributed by atoms with E-state index in [1.54, 1.807) is 88.4 Å². The minimum absolute atomic E-state index is 0.0315. The summed E-state index contributed by atoms with van der Waals surface area (Å²) in [4.78, 5) is 175. The van der Waals surface area contributed by atoms with Crippen molar-refractivity contribution in [3.8, 4) is 5.75 Å². The zero-order valence-electron chi connectivity index (χ0n) is 53.5. The standard InChI is InChI=1S/C64H86N14O15S2/c1-6-36(4)53(76-62(90)54(37(5)79)77-55(83)43(65)25-38-14-9-7-10-15-38)61(89)74-47(27-40-19-21-42(80)22-20-40)63(91)78-23-13-18-50(78)60(88)68-31-52(82)71-48-32-94-95-33-49(64(92)93)75-58(86)45(26-39-16-11-8-12-17-39)72-57(85)44(24-35(2)3)70-51(81)30-67-56(84)46(73-59(48)87)28-41-29-66-34-69-41/h7-12,14-17,19-22,29,34-37,43-50,53-54,79-80H,6,13,18,23-28,30-33,65H2,1-5H3,(H,66,69)(H,67,84)(H,68,88)(H,70,81)(H,71,82)(H,72,85)(H,73,87)(H,74,89)(H,75,86)(H,76,90)(H,77,83)(H,92,93)/t36-,37-,43-,44-,45-,46-,47-,48-,49-,50-,53-,54-/m0/s1. The fourth-order valence-corrected chi connectivity index (χ4v) is 12.8. The normalized spacial score (nSPS) is 21.3. The third-order valence-corrected chi connectivity index (χ3v) is 18.3. The molecule has 31 heteroatoms. The van der Waals surface area contributed by atoms with Crippen LogP contribution in [-0.4, -0.2) is 199 Å². The minimum Gasteiger partial charge on any atom is -0.508 e. The molecule has 12 atom stereocenters. The van der Waals surface area contributed by atoms with Crippen LogP contribution >= 0.6 is 21.6 Å². The Hall–Kier alpha value is -9.07. The molecule has 0 bridgehead atoms. The number of nitrogens with zero attached hydrogens (tertiary/aromatic N) is 2. The van der Waals surface area contributed by atoms with Crippen molar-refractivity contribution in [2.45, 2.75) is 153 Å². The summed E-state index contributed by atoms with van der Waals surface area (Å²) >= 11 is 0. The van der Waals surface area contributed by atoms with E-state index in [1.165, 1.54) is 48.6 Å². The third-order valence-electron chi connectivity index (χ3n) is 15.9. The molecule has 6 rings (SSSR count). The summed E-state index contributed by atoms with van der Waals surface area (Å²) in [7, 11) is 1.85. The summed E-state index contributed by atoms with van der Waals surface area (Å²) in [6, 6.07) is 9.82. The largest absolute Gasteiger partial charge is 0.508 e. The van der Waals surface area contributed by atoms with Crippen LogP contribution in [0.1, 0.15) is 82.7 Å². The second-order valence-corrected chi connectivity index (χ2v) is 26.4. The summed E-state index contributed by atoms with van der Waals surface area (Å²) in [5.41, 5.74) is 8.45. The molecule has 0 spiro atoms. The molecule has 514 valence electrons. The molecule has 0 radical (unpaired) electrons. The molecule has 16 N–H and O–H groups in total. The molecule has 2 saturated heterocycles. The molecule has 3 aromatic carbocycles. The van der Waals surface area contributed by atoms with Crippen LogP contribution in [0.3, 0.4) is 0 Å². The molecule has 0 unspecified atom stereocenters. The van der Waals surface area contributed by atoms with Crippen LogP contribution in [-0.2, 0) is 83.2 Å². The second kappa shape index (κ2) is 37.1. The van der Waals surface area contributed by atoms with E-state index in [0.29, 0.717) is 29.7 Å². The highest BCUT2D eigenvalue weighted by atomic mass is 33.1. The lowest BCUT2D eigenvalue weighted by atomic mass is 9.96. The Morgan fingerprint density at radius 1 is 0.705 bits per heavy atom. The predicted octanol–water partition coefficient (Wildman–Crippen LogP) is -1.23. The fraction of sp³-hybridized carbons (Fsp3) is 0.484. The van der Waals surface area contributed by atoms with Crippen LogP contribution in [0.25, 0.3) is 0 Å². The number of carbonyl (C=O) groups is 12. The Kier molecular flexibility index (Phi) is 29.3. The first-order chi connectivity index (χ1) is 45.3. The van der Waals surface area contributed by atoms with Gasteiger partial charge in [0.2, 0.25) is 65.0 Å². The monoisotopic (exact) mass is 1350 g/mol. The molecular weight excluding hydrogens is 1270 g/mol. The lowest BCUT2D eigenvalue weighted by molar-refractivity contribution is -0.142. The topological polar surface area (TPSA) is 444 Å². The van der Waals surface area contributed by atoms with Gasteiger partial charge in [-0.15, -0.1) is 0 Å². The minimum atomic E-state index is -1.55. The highest BCUT2D eigenvalue weighted by Gasteiger charge is 2.41. The first kappa shape index (κ1) is 75.0. The quantitative estimate of drug-likeness (QED) is 0.0345.